The van der Waals surface area contributed by atoms with Crippen molar-refractivity contribution in [1.29, 1.82) is 0 Å². The lowest BCUT2D eigenvalue weighted by Crippen LogP contribution is -2.39. The van der Waals surface area contributed by atoms with Crippen molar-refractivity contribution in [1.82, 2.24) is 10.2 Å². The zero-order chi connectivity index (χ0) is 8.85. The van der Waals surface area contributed by atoms with Gasteiger partial charge < -0.3 is 10.2 Å². The maximum atomic E-state index is 10.9. The maximum absolute atomic E-state index is 10.9. The highest BCUT2D eigenvalue weighted by Crippen LogP contribution is 1.91. The van der Waals surface area contributed by atoms with Gasteiger partial charge in [-0.3, -0.25) is 4.79 Å². The Morgan fingerprint density at radius 2 is 2.18 bits per heavy atom. The lowest BCUT2D eigenvalue weighted by Gasteiger charge is -2.22. The van der Waals surface area contributed by atoms with Crippen molar-refractivity contribution in [2.75, 3.05) is 20.1 Å². The van der Waals surface area contributed by atoms with Crippen LogP contribution in [0.15, 0.2) is 0 Å². The molecule has 0 aromatic carbocycles. The molecule has 0 heterocycles. The Hall–Kier alpha value is -0.570. The smallest absolute Gasteiger partial charge is 0.219 e. The molecule has 11 heavy (non-hydrogen) atoms. The standard InChI is InChI=1S/C8H18N2O/c1-5-10(8(3)11)6-7(2)9-4/h7,9H,5-6H2,1-4H3. The fourth-order valence-electron chi connectivity index (χ4n) is 0.902. The molecule has 0 aliphatic heterocycles. The predicted octanol–water partition coefficient (Wildman–Crippen LogP) is 0.463. The second-order valence-electron chi connectivity index (χ2n) is 2.75. The lowest BCUT2D eigenvalue weighted by atomic mass is 10.3. The molecule has 0 spiro atoms. The molecule has 0 rings (SSSR count). The van der Waals surface area contributed by atoms with Gasteiger partial charge in [0.05, 0.1) is 0 Å². The number of rotatable bonds is 4. The second-order valence-corrected chi connectivity index (χ2v) is 2.75. The molecule has 3 heteroatoms. The Labute approximate surface area is 68.8 Å². The third-order valence-corrected chi connectivity index (χ3v) is 1.81. The number of hydrogen-bond acceptors (Lipinski definition) is 2. The van der Waals surface area contributed by atoms with Crippen LogP contribution in [0.4, 0.5) is 0 Å². The highest BCUT2D eigenvalue weighted by Gasteiger charge is 2.08. The van der Waals surface area contributed by atoms with Crippen molar-refractivity contribution in [3.63, 3.8) is 0 Å². The lowest BCUT2D eigenvalue weighted by molar-refractivity contribution is -0.128. The Morgan fingerprint density at radius 3 is 2.45 bits per heavy atom. The van der Waals surface area contributed by atoms with E-state index in [1.165, 1.54) is 0 Å². The third kappa shape index (κ3) is 3.98. The molecule has 0 radical (unpaired) electrons. The van der Waals surface area contributed by atoms with Crippen LogP contribution < -0.4 is 5.32 Å². The average Bonchev–Trinajstić information content (AvgIpc) is 1.99. The molecule has 0 saturated carbocycles. The zero-order valence-corrected chi connectivity index (χ0v) is 7.85. The fraction of sp³-hybridized carbons (Fsp3) is 0.875. The first kappa shape index (κ1) is 10.4. The van der Waals surface area contributed by atoms with Gasteiger partial charge >= 0.3 is 0 Å². The summed E-state index contributed by atoms with van der Waals surface area (Å²) in [6, 6.07) is 0.374. The molecular weight excluding hydrogens is 140 g/mol. The van der Waals surface area contributed by atoms with E-state index in [9.17, 15) is 4.79 Å². The van der Waals surface area contributed by atoms with E-state index >= 15 is 0 Å². The monoisotopic (exact) mass is 158 g/mol. The van der Waals surface area contributed by atoms with Crippen LogP contribution in [0, 0.1) is 0 Å². The Bertz CT molecular complexity index is 125. The van der Waals surface area contributed by atoms with E-state index in [-0.39, 0.29) is 5.91 Å². The van der Waals surface area contributed by atoms with E-state index in [1.54, 1.807) is 6.92 Å². The highest BCUT2D eigenvalue weighted by atomic mass is 16.2. The van der Waals surface area contributed by atoms with E-state index < -0.39 is 0 Å². The molecule has 1 atom stereocenters. The quantitative estimate of drug-likeness (QED) is 0.644. The summed E-state index contributed by atoms with van der Waals surface area (Å²) in [5.41, 5.74) is 0. The van der Waals surface area contributed by atoms with Gasteiger partial charge in [-0.2, -0.15) is 0 Å². The van der Waals surface area contributed by atoms with E-state index in [0.29, 0.717) is 6.04 Å². The predicted molar refractivity (Wildman–Crippen MR) is 46.4 cm³/mol. The number of nitrogens with one attached hydrogen (secondary N) is 1. The third-order valence-electron chi connectivity index (χ3n) is 1.81. The molecule has 1 N–H and O–H groups in total. The summed E-state index contributed by atoms with van der Waals surface area (Å²) in [5.74, 6) is 0.148. The summed E-state index contributed by atoms with van der Waals surface area (Å²) >= 11 is 0. The number of hydrogen-bond donors (Lipinski definition) is 1. The largest absolute Gasteiger partial charge is 0.342 e. The van der Waals surface area contributed by atoms with Gasteiger partial charge in [0, 0.05) is 26.1 Å². The topological polar surface area (TPSA) is 32.3 Å². The van der Waals surface area contributed by atoms with Crippen molar-refractivity contribution in [2.45, 2.75) is 26.8 Å². The molecule has 3 nitrogen and oxygen atoms in total. The summed E-state index contributed by atoms with van der Waals surface area (Å²) in [5, 5.41) is 3.09. The van der Waals surface area contributed by atoms with Crippen LogP contribution in [0.3, 0.4) is 0 Å². The van der Waals surface area contributed by atoms with Crippen LogP contribution in [0.25, 0.3) is 0 Å². The first-order valence-electron chi connectivity index (χ1n) is 4.04. The number of amides is 1. The van der Waals surface area contributed by atoms with Gasteiger partial charge in [-0.15, -0.1) is 0 Å². The molecular formula is C8H18N2O. The molecule has 1 unspecified atom stereocenters. The van der Waals surface area contributed by atoms with Crippen LogP contribution in [0.2, 0.25) is 0 Å². The first-order valence-corrected chi connectivity index (χ1v) is 4.04. The highest BCUT2D eigenvalue weighted by molar-refractivity contribution is 5.73. The van der Waals surface area contributed by atoms with Crippen molar-refractivity contribution in [2.24, 2.45) is 0 Å². The van der Waals surface area contributed by atoms with Crippen molar-refractivity contribution >= 4 is 5.91 Å². The Kier molecular flexibility index (Phi) is 4.86. The molecule has 0 aromatic heterocycles. The van der Waals surface area contributed by atoms with Crippen LogP contribution in [-0.2, 0) is 4.79 Å². The van der Waals surface area contributed by atoms with Crippen LogP contribution in [-0.4, -0.2) is 37.0 Å². The number of likely N-dealkylation sites (N-methyl/N-ethyl adjacent to an activating group) is 2. The molecule has 0 aliphatic carbocycles. The van der Waals surface area contributed by atoms with Gasteiger partial charge in [-0.1, -0.05) is 0 Å². The molecule has 1 amide bonds. The summed E-state index contributed by atoms with van der Waals surface area (Å²) in [6.45, 7) is 7.24. The molecule has 0 bridgehead atoms. The van der Waals surface area contributed by atoms with Crippen molar-refractivity contribution < 1.29 is 4.79 Å². The molecule has 0 saturated heterocycles. The second kappa shape index (κ2) is 5.13. The van der Waals surface area contributed by atoms with Gasteiger partial charge in [0.15, 0.2) is 0 Å². The minimum Gasteiger partial charge on any atom is -0.342 e. The van der Waals surface area contributed by atoms with E-state index in [0.717, 1.165) is 13.1 Å². The summed E-state index contributed by atoms with van der Waals surface area (Å²) in [7, 11) is 1.90. The van der Waals surface area contributed by atoms with Crippen LogP contribution in [0.5, 0.6) is 0 Å². The number of nitrogens with zero attached hydrogens (tertiary/aromatic N) is 1. The molecule has 0 aromatic rings. The number of carbonyl (C=O) groups is 1. The zero-order valence-electron chi connectivity index (χ0n) is 7.85. The maximum Gasteiger partial charge on any atom is 0.219 e. The van der Waals surface area contributed by atoms with Gasteiger partial charge in [-0.05, 0) is 20.9 Å². The summed E-state index contributed by atoms with van der Waals surface area (Å²) in [4.78, 5) is 12.7. The Morgan fingerprint density at radius 1 is 1.64 bits per heavy atom. The van der Waals surface area contributed by atoms with Gasteiger partial charge in [0.2, 0.25) is 5.91 Å². The van der Waals surface area contributed by atoms with E-state index in [4.69, 9.17) is 0 Å². The minimum atomic E-state index is 0.148. The van der Waals surface area contributed by atoms with Gasteiger partial charge in [-0.25, -0.2) is 0 Å². The first-order chi connectivity index (χ1) is 5.11. The minimum absolute atomic E-state index is 0.148. The summed E-state index contributed by atoms with van der Waals surface area (Å²) < 4.78 is 0. The SMILES string of the molecule is CCN(CC(C)NC)C(C)=O. The van der Waals surface area contributed by atoms with Crippen LogP contribution >= 0.6 is 0 Å². The normalized spacial score (nSPS) is 12.7. The van der Waals surface area contributed by atoms with Gasteiger partial charge in [0.25, 0.3) is 0 Å². The molecule has 66 valence electrons. The molecule has 0 fully saturated rings. The average molecular weight is 158 g/mol. The number of carbonyl (C=O) groups excluding carboxylic acids is 1. The Balaban J connectivity index is 3.77. The van der Waals surface area contributed by atoms with Crippen molar-refractivity contribution in [3.8, 4) is 0 Å². The van der Waals surface area contributed by atoms with E-state index in [2.05, 4.69) is 12.2 Å². The van der Waals surface area contributed by atoms with Crippen molar-refractivity contribution in [3.05, 3.63) is 0 Å². The van der Waals surface area contributed by atoms with Gasteiger partial charge in [0.1, 0.15) is 0 Å². The summed E-state index contributed by atoms with van der Waals surface area (Å²) in [6.07, 6.45) is 0. The van der Waals surface area contributed by atoms with Crippen LogP contribution in [0.1, 0.15) is 20.8 Å². The van der Waals surface area contributed by atoms with E-state index in [1.807, 2.05) is 18.9 Å². The fourth-order valence-corrected chi connectivity index (χ4v) is 0.902. The molecule has 0 aliphatic rings.